The molecule has 2 heterocycles. The largest absolute Gasteiger partial charge is 0.293 e. The van der Waals surface area contributed by atoms with E-state index in [-0.39, 0.29) is 34.8 Å². The highest BCUT2D eigenvalue weighted by atomic mass is 32.1. The van der Waals surface area contributed by atoms with E-state index in [1.165, 1.54) is 16.2 Å². The van der Waals surface area contributed by atoms with E-state index in [1.54, 1.807) is 6.07 Å². The summed E-state index contributed by atoms with van der Waals surface area (Å²) >= 11 is 1.42. The fourth-order valence-electron chi connectivity index (χ4n) is 3.18. The second-order valence-electron chi connectivity index (χ2n) is 6.11. The number of piperidine rings is 1. The standard InChI is InChI=1S/C15H17NO3S/c1-15(2)11-12(15)14(19)16(13(11)18)7-3-5-9(17)10-6-4-8-20-10/h4,6,8,11-12H,3,5,7H2,1-2H3. The minimum atomic E-state index is -0.155. The molecule has 0 N–H and O–H groups in total. The molecular formula is C15H17NO3S. The Labute approximate surface area is 121 Å². The first kappa shape index (κ1) is 13.5. The smallest absolute Gasteiger partial charge is 0.233 e. The molecule has 0 bridgehead atoms. The Bertz CT molecular complexity index is 552. The third kappa shape index (κ3) is 1.92. The van der Waals surface area contributed by atoms with E-state index in [0.717, 1.165) is 4.88 Å². The molecule has 1 aliphatic carbocycles. The summed E-state index contributed by atoms with van der Waals surface area (Å²) in [6, 6.07) is 3.65. The monoisotopic (exact) mass is 291 g/mol. The number of thiophene rings is 1. The first-order valence-electron chi connectivity index (χ1n) is 6.86. The van der Waals surface area contributed by atoms with E-state index in [0.29, 0.717) is 19.4 Å². The lowest BCUT2D eigenvalue weighted by Crippen LogP contribution is -2.37. The molecule has 4 nitrogen and oxygen atoms in total. The lowest BCUT2D eigenvalue weighted by molar-refractivity contribution is -0.143. The van der Waals surface area contributed by atoms with Crippen molar-refractivity contribution in [3.63, 3.8) is 0 Å². The minimum absolute atomic E-state index is 0.0476. The number of nitrogens with zero attached hydrogens (tertiary/aromatic N) is 1. The minimum Gasteiger partial charge on any atom is -0.293 e. The van der Waals surface area contributed by atoms with Crippen LogP contribution in [0.15, 0.2) is 17.5 Å². The van der Waals surface area contributed by atoms with Crippen LogP contribution in [0.1, 0.15) is 36.4 Å². The molecule has 3 rings (SSSR count). The first-order valence-corrected chi connectivity index (χ1v) is 7.74. The number of hydrogen-bond donors (Lipinski definition) is 0. The van der Waals surface area contributed by atoms with Gasteiger partial charge in [0.05, 0.1) is 16.7 Å². The van der Waals surface area contributed by atoms with Crippen LogP contribution >= 0.6 is 11.3 Å². The number of carbonyl (C=O) groups is 3. The van der Waals surface area contributed by atoms with Crippen LogP contribution in [0.2, 0.25) is 0 Å². The van der Waals surface area contributed by atoms with Crippen LogP contribution in [-0.4, -0.2) is 29.0 Å². The topological polar surface area (TPSA) is 54.5 Å². The summed E-state index contributed by atoms with van der Waals surface area (Å²) in [5, 5.41) is 1.87. The number of ketones is 1. The highest BCUT2D eigenvalue weighted by Crippen LogP contribution is 2.63. The number of imide groups is 1. The SMILES string of the molecule is CC1(C)C2C(=O)N(CCCC(=O)c3cccs3)C(=O)C21. The molecule has 2 aliphatic rings. The van der Waals surface area contributed by atoms with E-state index in [9.17, 15) is 14.4 Å². The maximum absolute atomic E-state index is 12.1. The van der Waals surface area contributed by atoms with Crippen LogP contribution in [0, 0.1) is 17.3 Å². The zero-order valence-corrected chi connectivity index (χ0v) is 12.4. The van der Waals surface area contributed by atoms with Crippen molar-refractivity contribution in [2.45, 2.75) is 26.7 Å². The Balaban J connectivity index is 1.52. The van der Waals surface area contributed by atoms with Crippen molar-refractivity contribution in [2.24, 2.45) is 17.3 Å². The van der Waals surface area contributed by atoms with Gasteiger partial charge in [0, 0.05) is 13.0 Å². The van der Waals surface area contributed by atoms with Crippen molar-refractivity contribution in [3.8, 4) is 0 Å². The molecule has 2 atom stereocenters. The Morgan fingerprint density at radius 1 is 1.30 bits per heavy atom. The molecular weight excluding hydrogens is 274 g/mol. The second kappa shape index (κ2) is 4.52. The van der Waals surface area contributed by atoms with Gasteiger partial charge in [-0.1, -0.05) is 19.9 Å². The number of hydrogen-bond acceptors (Lipinski definition) is 4. The molecule has 0 radical (unpaired) electrons. The van der Waals surface area contributed by atoms with Crippen LogP contribution < -0.4 is 0 Å². The first-order chi connectivity index (χ1) is 9.44. The number of amides is 2. The average molecular weight is 291 g/mol. The van der Waals surface area contributed by atoms with Crippen LogP contribution in [0.5, 0.6) is 0 Å². The van der Waals surface area contributed by atoms with Crippen LogP contribution in [0.25, 0.3) is 0 Å². The Hall–Kier alpha value is -1.49. The highest BCUT2D eigenvalue weighted by molar-refractivity contribution is 7.12. The molecule has 0 spiro atoms. The summed E-state index contributed by atoms with van der Waals surface area (Å²) in [5.74, 6) is -0.252. The van der Waals surface area contributed by atoms with Gasteiger partial charge in [-0.2, -0.15) is 0 Å². The van der Waals surface area contributed by atoms with Gasteiger partial charge in [-0.3, -0.25) is 19.3 Å². The summed E-state index contributed by atoms with van der Waals surface area (Å²) in [5.41, 5.74) is -0.155. The Kier molecular flexibility index (Phi) is 3.05. The molecule has 5 heteroatoms. The maximum Gasteiger partial charge on any atom is 0.233 e. The highest BCUT2D eigenvalue weighted by Gasteiger charge is 2.72. The van der Waals surface area contributed by atoms with Gasteiger partial charge in [-0.15, -0.1) is 11.3 Å². The predicted molar refractivity (Wildman–Crippen MR) is 75.4 cm³/mol. The van der Waals surface area contributed by atoms with Crippen LogP contribution in [0.3, 0.4) is 0 Å². The lowest BCUT2D eigenvalue weighted by Gasteiger charge is -2.20. The number of Topliss-reactive ketones (excluding diaryl/α,β-unsaturated/α-hetero) is 1. The van der Waals surface area contributed by atoms with Gasteiger partial charge < -0.3 is 0 Å². The van der Waals surface area contributed by atoms with Gasteiger partial charge in [0.2, 0.25) is 11.8 Å². The predicted octanol–water partition coefficient (Wildman–Crippen LogP) is 2.35. The number of fused-ring (bicyclic) bond motifs is 1. The molecule has 1 saturated heterocycles. The van der Waals surface area contributed by atoms with Crippen molar-refractivity contribution < 1.29 is 14.4 Å². The van der Waals surface area contributed by atoms with E-state index < -0.39 is 0 Å². The summed E-state index contributed by atoms with van der Waals surface area (Å²) < 4.78 is 0. The van der Waals surface area contributed by atoms with E-state index >= 15 is 0 Å². The fraction of sp³-hybridized carbons (Fsp3) is 0.533. The zero-order chi connectivity index (χ0) is 14.5. The number of likely N-dealkylation sites (tertiary alicyclic amines) is 1. The van der Waals surface area contributed by atoms with Gasteiger partial charge in [-0.05, 0) is 23.3 Å². The molecule has 1 aromatic heterocycles. The Morgan fingerprint density at radius 3 is 2.50 bits per heavy atom. The Morgan fingerprint density at radius 2 is 1.95 bits per heavy atom. The molecule has 106 valence electrons. The van der Waals surface area contributed by atoms with Gasteiger partial charge in [0.15, 0.2) is 5.78 Å². The quantitative estimate of drug-likeness (QED) is 0.618. The van der Waals surface area contributed by atoms with E-state index in [2.05, 4.69) is 0 Å². The van der Waals surface area contributed by atoms with Crippen molar-refractivity contribution in [1.82, 2.24) is 4.90 Å². The summed E-state index contributed by atoms with van der Waals surface area (Å²) in [6.07, 6.45) is 0.935. The molecule has 2 fully saturated rings. The van der Waals surface area contributed by atoms with Crippen LogP contribution in [-0.2, 0) is 9.59 Å². The third-order valence-electron chi connectivity index (χ3n) is 4.47. The van der Waals surface area contributed by atoms with Crippen molar-refractivity contribution in [3.05, 3.63) is 22.4 Å². The van der Waals surface area contributed by atoms with Crippen molar-refractivity contribution in [1.29, 1.82) is 0 Å². The normalized spacial score (nSPS) is 26.8. The average Bonchev–Trinajstić information content (AvgIpc) is 2.77. The summed E-state index contributed by atoms with van der Waals surface area (Å²) in [6.45, 7) is 4.31. The molecule has 1 aliphatic heterocycles. The zero-order valence-electron chi connectivity index (χ0n) is 11.6. The van der Waals surface area contributed by atoms with Gasteiger partial charge in [0.25, 0.3) is 0 Å². The number of rotatable bonds is 5. The van der Waals surface area contributed by atoms with E-state index in [4.69, 9.17) is 0 Å². The molecule has 0 aromatic carbocycles. The van der Waals surface area contributed by atoms with Gasteiger partial charge in [0.1, 0.15) is 0 Å². The van der Waals surface area contributed by atoms with Crippen LogP contribution in [0.4, 0.5) is 0 Å². The summed E-state index contributed by atoms with van der Waals surface area (Å²) in [7, 11) is 0. The molecule has 2 unspecified atom stereocenters. The second-order valence-corrected chi connectivity index (χ2v) is 7.06. The molecule has 2 amide bonds. The lowest BCUT2D eigenvalue weighted by atomic mass is 10.1. The molecule has 20 heavy (non-hydrogen) atoms. The molecule has 1 saturated carbocycles. The van der Waals surface area contributed by atoms with Crippen molar-refractivity contribution in [2.75, 3.05) is 6.54 Å². The number of carbonyl (C=O) groups excluding carboxylic acids is 3. The fourth-order valence-corrected chi connectivity index (χ4v) is 3.88. The van der Waals surface area contributed by atoms with Gasteiger partial charge >= 0.3 is 0 Å². The molecule has 1 aromatic rings. The van der Waals surface area contributed by atoms with Gasteiger partial charge in [-0.25, -0.2) is 0 Å². The van der Waals surface area contributed by atoms with Crippen molar-refractivity contribution >= 4 is 28.9 Å². The van der Waals surface area contributed by atoms with E-state index in [1.807, 2.05) is 25.3 Å². The maximum atomic E-state index is 12.1. The summed E-state index contributed by atoms with van der Waals surface area (Å²) in [4.78, 5) is 38.1. The third-order valence-corrected chi connectivity index (χ3v) is 5.38.